The zero-order valence-corrected chi connectivity index (χ0v) is 23.1. The molecule has 0 saturated carbocycles. The molecule has 2 bridgehead atoms. The largest absolute Gasteiger partial charge is 0.435 e. The van der Waals surface area contributed by atoms with Crippen molar-refractivity contribution in [2.24, 2.45) is 0 Å². The Morgan fingerprint density at radius 1 is 1.12 bits per heavy atom. The first-order valence-corrected chi connectivity index (χ1v) is 14.0. The first kappa shape index (κ1) is 27.4. The molecule has 4 atom stereocenters. The first-order chi connectivity index (χ1) is 19.3. The van der Waals surface area contributed by atoms with Gasteiger partial charge in [0.15, 0.2) is 17.2 Å². The number of likely N-dealkylation sites (N-methyl/N-ethyl adjacent to an activating group) is 1. The number of ether oxygens (including phenoxy) is 3. The molecule has 3 saturated heterocycles. The second-order valence-electron chi connectivity index (χ2n) is 11.0. The Labute approximate surface area is 231 Å². The van der Waals surface area contributed by atoms with Gasteiger partial charge in [0, 0.05) is 38.6 Å². The minimum Gasteiger partial charge on any atom is -0.383 e. The van der Waals surface area contributed by atoms with E-state index in [0.717, 1.165) is 32.1 Å². The van der Waals surface area contributed by atoms with Gasteiger partial charge in [0.25, 0.3) is 0 Å². The molecule has 13 heteroatoms. The minimum absolute atomic E-state index is 0.00269. The number of pyridine rings is 1. The quantitative estimate of drug-likeness (QED) is 0.401. The number of alkyl halides is 3. The van der Waals surface area contributed by atoms with Crippen molar-refractivity contribution < 1.29 is 27.4 Å². The number of nitrogens with zero attached hydrogens (tertiary/aromatic N) is 7. The van der Waals surface area contributed by atoms with Crippen molar-refractivity contribution >= 4 is 16.9 Å². The smallest absolute Gasteiger partial charge is 0.383 e. The molecule has 10 nitrogen and oxygen atoms in total. The van der Waals surface area contributed by atoms with Crippen molar-refractivity contribution in [1.29, 1.82) is 0 Å². The van der Waals surface area contributed by atoms with E-state index in [1.54, 1.807) is 24.1 Å². The summed E-state index contributed by atoms with van der Waals surface area (Å²) in [6.45, 7) is 4.71. The molecule has 4 unspecified atom stereocenters. The van der Waals surface area contributed by atoms with Gasteiger partial charge in [-0.1, -0.05) is 0 Å². The third-order valence-corrected chi connectivity index (χ3v) is 8.45. The molecule has 3 aliphatic heterocycles. The molecule has 6 rings (SSSR count). The maximum Gasteiger partial charge on any atom is 0.435 e. The van der Waals surface area contributed by atoms with Crippen LogP contribution in [0, 0.1) is 0 Å². The highest BCUT2D eigenvalue weighted by Crippen LogP contribution is 2.42. The van der Waals surface area contributed by atoms with Crippen molar-refractivity contribution in [3.63, 3.8) is 0 Å². The summed E-state index contributed by atoms with van der Waals surface area (Å²) in [7, 11) is 3.50. The monoisotopic (exact) mass is 563 g/mol. The summed E-state index contributed by atoms with van der Waals surface area (Å²) >= 11 is 0. The summed E-state index contributed by atoms with van der Waals surface area (Å²) in [5.74, 6) is 0.922. The first-order valence-electron chi connectivity index (χ1n) is 14.0. The molecule has 3 aromatic rings. The molecule has 0 spiro atoms. The third-order valence-electron chi connectivity index (χ3n) is 8.45. The highest BCUT2D eigenvalue weighted by molar-refractivity contribution is 5.86. The average molecular weight is 564 g/mol. The third kappa shape index (κ3) is 4.97. The Hall–Kier alpha value is -2.74. The minimum atomic E-state index is -4.68. The topological polar surface area (TPSA) is 82.7 Å². The molecule has 0 aromatic carbocycles. The normalized spacial score (nSPS) is 24.4. The Morgan fingerprint density at radius 3 is 2.58 bits per heavy atom. The number of fused-ring (bicyclic) bond motifs is 3. The lowest BCUT2D eigenvalue weighted by molar-refractivity contribution is -0.140. The zero-order chi connectivity index (χ0) is 28.0. The number of anilines is 1. The van der Waals surface area contributed by atoms with Crippen molar-refractivity contribution in [2.75, 3.05) is 52.0 Å². The second kappa shape index (κ2) is 10.9. The SMILES string of the molecule is COCCN(C)C(C)c1cc(N2C3CCC2COC3)nc2c1c(C(F)(F)F)nn2-c1ccn(C2CCCCO2)n1. The lowest BCUT2D eigenvalue weighted by Gasteiger charge is -2.36. The van der Waals surface area contributed by atoms with Gasteiger partial charge in [-0.15, -0.1) is 0 Å². The molecule has 3 aromatic heterocycles. The van der Waals surface area contributed by atoms with Crippen molar-refractivity contribution in [3.8, 4) is 5.82 Å². The molecule has 3 fully saturated rings. The van der Waals surface area contributed by atoms with Gasteiger partial charge in [0.1, 0.15) is 12.0 Å². The molecule has 0 radical (unpaired) electrons. The van der Waals surface area contributed by atoms with Crippen LogP contribution in [0.5, 0.6) is 0 Å². The Morgan fingerprint density at radius 2 is 1.90 bits per heavy atom. The Bertz CT molecular complexity index is 1320. The molecule has 6 heterocycles. The maximum absolute atomic E-state index is 14.6. The molecular formula is C27H36F3N7O3. The van der Waals surface area contributed by atoms with Crippen LogP contribution in [0.4, 0.5) is 19.0 Å². The summed E-state index contributed by atoms with van der Waals surface area (Å²) in [6.07, 6.45) is 1.52. The van der Waals surface area contributed by atoms with Gasteiger partial charge in [-0.2, -0.15) is 28.1 Å². The van der Waals surface area contributed by atoms with E-state index >= 15 is 0 Å². The van der Waals surface area contributed by atoms with Crippen LogP contribution in [0.15, 0.2) is 18.3 Å². The van der Waals surface area contributed by atoms with Crippen molar-refractivity contribution in [1.82, 2.24) is 29.4 Å². The van der Waals surface area contributed by atoms with Crippen LogP contribution in [0.3, 0.4) is 0 Å². The predicted octanol–water partition coefficient (Wildman–Crippen LogP) is 4.34. The fourth-order valence-electron chi connectivity index (χ4n) is 6.15. The van der Waals surface area contributed by atoms with Gasteiger partial charge in [-0.05, 0) is 57.7 Å². The van der Waals surface area contributed by atoms with E-state index < -0.39 is 11.9 Å². The van der Waals surface area contributed by atoms with E-state index in [1.165, 1.54) is 4.68 Å². The lowest BCUT2D eigenvalue weighted by atomic mass is 10.0. The van der Waals surface area contributed by atoms with E-state index in [4.69, 9.17) is 19.2 Å². The number of morpholine rings is 1. The summed E-state index contributed by atoms with van der Waals surface area (Å²) in [6, 6.07) is 3.41. The molecule has 3 aliphatic rings. The number of rotatable bonds is 8. The second-order valence-corrected chi connectivity index (χ2v) is 11.0. The predicted molar refractivity (Wildman–Crippen MR) is 142 cm³/mol. The standard InChI is InChI=1S/C27H36F3N7O3/c1-17(34(2)11-13-38-3)20-14-22(36-18-7-8-19(36)16-39-15-18)31-26-24(20)25(27(28,29)30)33-37(26)21-9-10-35(32-21)23-6-4-5-12-40-23/h9-10,14,17-19,23H,4-8,11-13,15-16H2,1-3H3. The zero-order valence-electron chi connectivity index (χ0n) is 23.1. The van der Waals surface area contributed by atoms with E-state index in [9.17, 15) is 13.2 Å². The highest BCUT2D eigenvalue weighted by atomic mass is 19.4. The van der Waals surface area contributed by atoms with Crippen LogP contribution in [0.2, 0.25) is 0 Å². The Balaban J connectivity index is 1.53. The highest BCUT2D eigenvalue weighted by Gasteiger charge is 2.42. The fourth-order valence-corrected chi connectivity index (χ4v) is 6.15. The van der Waals surface area contributed by atoms with Gasteiger partial charge in [0.05, 0.1) is 37.3 Å². The Kier molecular flexibility index (Phi) is 7.49. The van der Waals surface area contributed by atoms with Crippen LogP contribution < -0.4 is 4.90 Å². The van der Waals surface area contributed by atoms with Crippen LogP contribution in [0.25, 0.3) is 16.9 Å². The van der Waals surface area contributed by atoms with E-state index in [1.807, 2.05) is 24.9 Å². The summed E-state index contributed by atoms with van der Waals surface area (Å²) in [4.78, 5) is 9.10. The number of methoxy groups -OCH3 is 1. The summed E-state index contributed by atoms with van der Waals surface area (Å²) in [5, 5.41) is 8.73. The molecule has 0 N–H and O–H groups in total. The summed E-state index contributed by atoms with van der Waals surface area (Å²) < 4.78 is 63.5. The fraction of sp³-hybridized carbons (Fsp3) is 0.667. The molecule has 40 heavy (non-hydrogen) atoms. The number of hydrogen-bond donors (Lipinski definition) is 0. The maximum atomic E-state index is 14.6. The number of hydrogen-bond acceptors (Lipinski definition) is 8. The number of halogens is 3. The van der Waals surface area contributed by atoms with E-state index in [2.05, 4.69) is 15.1 Å². The van der Waals surface area contributed by atoms with Crippen LogP contribution in [-0.4, -0.2) is 88.7 Å². The van der Waals surface area contributed by atoms with Crippen molar-refractivity contribution in [3.05, 3.63) is 29.6 Å². The summed E-state index contributed by atoms with van der Waals surface area (Å²) in [5.41, 5.74) is -0.289. The molecule has 0 aliphatic carbocycles. The van der Waals surface area contributed by atoms with Gasteiger partial charge in [-0.3, -0.25) is 4.90 Å². The van der Waals surface area contributed by atoms with Crippen LogP contribution in [-0.2, 0) is 20.4 Å². The lowest BCUT2D eigenvalue weighted by Crippen LogP contribution is -2.46. The number of aromatic nitrogens is 5. The van der Waals surface area contributed by atoms with E-state index in [-0.39, 0.29) is 41.2 Å². The van der Waals surface area contributed by atoms with E-state index in [0.29, 0.717) is 44.4 Å². The van der Waals surface area contributed by atoms with Crippen LogP contribution >= 0.6 is 0 Å². The van der Waals surface area contributed by atoms with Crippen LogP contribution in [0.1, 0.15) is 62.6 Å². The molecule has 0 amide bonds. The average Bonchev–Trinajstić information content (AvgIpc) is 3.65. The molecule has 218 valence electrons. The van der Waals surface area contributed by atoms with Gasteiger partial charge < -0.3 is 19.1 Å². The van der Waals surface area contributed by atoms with Gasteiger partial charge in [-0.25, -0.2) is 9.67 Å². The molecular weight excluding hydrogens is 527 g/mol. The van der Waals surface area contributed by atoms with Gasteiger partial charge in [0.2, 0.25) is 0 Å². The van der Waals surface area contributed by atoms with Crippen molar-refractivity contribution in [2.45, 2.75) is 69.6 Å². The van der Waals surface area contributed by atoms with Gasteiger partial charge >= 0.3 is 6.18 Å².